The van der Waals surface area contributed by atoms with E-state index in [1.54, 1.807) is 6.07 Å². The van der Waals surface area contributed by atoms with Gasteiger partial charge in [-0.15, -0.1) is 0 Å². The predicted octanol–water partition coefficient (Wildman–Crippen LogP) is 6.45. The molecular weight excluding hydrogens is 673 g/mol. The summed E-state index contributed by atoms with van der Waals surface area (Å²) in [6.45, 7) is 18.5. The fourth-order valence-electron chi connectivity index (χ4n) is 4.82. The summed E-state index contributed by atoms with van der Waals surface area (Å²) in [6, 6.07) is 3.06. The Bertz CT molecular complexity index is 1410. The van der Waals surface area contributed by atoms with Gasteiger partial charge >= 0.3 is 5.69 Å². The summed E-state index contributed by atoms with van der Waals surface area (Å²) in [5, 5.41) is 12.0. The number of nitrogens with zero attached hydrogens (tertiary/aromatic N) is 2. The highest BCUT2D eigenvalue weighted by molar-refractivity contribution is 14.1. The highest BCUT2D eigenvalue weighted by Crippen LogP contribution is 2.44. The number of nitro benzene ring substituents is 1. The zero-order valence-corrected chi connectivity index (χ0v) is 29.4. The Morgan fingerprint density at radius 1 is 1.21 bits per heavy atom. The molecule has 0 radical (unpaired) electrons. The molecule has 0 unspecified atom stereocenters. The molecule has 1 aliphatic rings. The topological polar surface area (TPSA) is 135 Å². The molecule has 1 fully saturated rings. The summed E-state index contributed by atoms with van der Waals surface area (Å²) < 4.78 is 26.6. The van der Waals surface area contributed by atoms with Crippen LogP contribution in [0.5, 0.6) is 5.75 Å². The fraction of sp³-hybridized carbons (Fsp3) is 0.655. The number of aromatic amines is 1. The molecule has 0 amide bonds. The van der Waals surface area contributed by atoms with Gasteiger partial charge in [-0.1, -0.05) is 48.5 Å². The highest BCUT2D eigenvalue weighted by atomic mass is 127. The van der Waals surface area contributed by atoms with Crippen molar-refractivity contribution in [3.8, 4) is 5.75 Å². The Labute approximate surface area is 261 Å². The summed E-state index contributed by atoms with van der Waals surface area (Å²) in [4.78, 5) is 39.7. The van der Waals surface area contributed by atoms with E-state index in [1.807, 2.05) is 50.3 Å². The molecule has 1 aliphatic heterocycles. The van der Waals surface area contributed by atoms with E-state index in [1.165, 1.54) is 23.9 Å². The quantitative estimate of drug-likeness (QED) is 0.128. The Balaban J connectivity index is 1.94. The highest BCUT2D eigenvalue weighted by Gasteiger charge is 2.45. The van der Waals surface area contributed by atoms with Crippen LogP contribution in [-0.4, -0.2) is 42.1 Å². The second kappa shape index (κ2) is 12.9. The monoisotopic (exact) mass is 717 g/mol. The summed E-state index contributed by atoms with van der Waals surface area (Å²) in [7, 11) is -0.594. The van der Waals surface area contributed by atoms with Gasteiger partial charge in [-0.3, -0.25) is 24.5 Å². The number of halogens is 1. The van der Waals surface area contributed by atoms with E-state index in [4.69, 9.17) is 18.6 Å². The minimum absolute atomic E-state index is 0.0163. The average Bonchev–Trinajstić information content (AvgIpc) is 3.25. The number of benzene rings is 1. The van der Waals surface area contributed by atoms with Crippen LogP contribution < -0.4 is 16.0 Å². The molecule has 1 aromatic heterocycles. The molecular formula is C29H44IN3O8Si. The van der Waals surface area contributed by atoms with E-state index < -0.39 is 42.2 Å². The Hall–Kier alpha value is -2.07. The van der Waals surface area contributed by atoms with Gasteiger partial charge in [0, 0.05) is 18.7 Å². The van der Waals surface area contributed by atoms with Crippen molar-refractivity contribution in [2.24, 2.45) is 5.41 Å². The molecule has 11 nitrogen and oxygen atoms in total. The predicted molar refractivity (Wildman–Crippen MR) is 172 cm³/mol. The minimum Gasteiger partial charge on any atom is -0.496 e. The third kappa shape index (κ3) is 7.52. The number of hydrogen-bond acceptors (Lipinski definition) is 8. The van der Waals surface area contributed by atoms with Gasteiger partial charge in [0.1, 0.15) is 12.0 Å². The van der Waals surface area contributed by atoms with Gasteiger partial charge in [-0.05, 0) is 58.6 Å². The van der Waals surface area contributed by atoms with Gasteiger partial charge in [-0.2, -0.15) is 0 Å². The molecule has 2 heterocycles. The first-order chi connectivity index (χ1) is 19.3. The number of H-pyrrole nitrogens is 1. The number of ether oxygens (including phenoxy) is 3. The average molecular weight is 718 g/mol. The SMILES string of the molecule is CC[C@H]1O[C@@H](n2cc(CO[C@H](c3cc(OC)c(I)cc3[N+](=O)[O-])C(C)(C)C)c(=O)[nH]c2=O)C[C@H]1O[Si](C)(C)C(C)(C)C. The summed E-state index contributed by atoms with van der Waals surface area (Å²) in [6.07, 6.45) is 0.901. The normalized spacial score (nSPS) is 20.5. The van der Waals surface area contributed by atoms with E-state index in [2.05, 4.69) is 38.8 Å². The molecule has 0 bridgehead atoms. The van der Waals surface area contributed by atoms with Gasteiger partial charge in [0.05, 0.1) is 51.6 Å². The molecule has 42 heavy (non-hydrogen) atoms. The number of rotatable bonds is 10. The number of nitro groups is 1. The number of hydrogen-bond donors (Lipinski definition) is 1. The number of aromatic nitrogens is 2. The molecule has 1 N–H and O–H groups in total. The summed E-state index contributed by atoms with van der Waals surface area (Å²) in [5.41, 5.74) is -1.31. The lowest BCUT2D eigenvalue weighted by atomic mass is 9.83. The number of nitrogens with one attached hydrogen (secondary N) is 1. The molecule has 0 saturated carbocycles. The Morgan fingerprint density at radius 2 is 1.86 bits per heavy atom. The lowest BCUT2D eigenvalue weighted by Gasteiger charge is -2.39. The van der Waals surface area contributed by atoms with E-state index in [-0.39, 0.29) is 35.1 Å². The van der Waals surface area contributed by atoms with Gasteiger partial charge < -0.3 is 18.6 Å². The minimum atomic E-state index is -2.09. The molecule has 2 aromatic rings. The van der Waals surface area contributed by atoms with E-state index in [0.29, 0.717) is 21.3 Å². The summed E-state index contributed by atoms with van der Waals surface area (Å²) >= 11 is 1.99. The van der Waals surface area contributed by atoms with Crippen LogP contribution >= 0.6 is 22.6 Å². The second-order valence-electron chi connectivity index (χ2n) is 13.4. The van der Waals surface area contributed by atoms with Crippen molar-refractivity contribution in [3.63, 3.8) is 0 Å². The van der Waals surface area contributed by atoms with E-state index in [9.17, 15) is 19.7 Å². The van der Waals surface area contributed by atoms with Crippen molar-refractivity contribution >= 4 is 36.6 Å². The Kier molecular flexibility index (Phi) is 10.6. The molecule has 13 heteroatoms. The summed E-state index contributed by atoms with van der Waals surface area (Å²) in [5.74, 6) is 0.485. The van der Waals surface area contributed by atoms with Crippen molar-refractivity contribution in [3.05, 3.63) is 64.0 Å². The van der Waals surface area contributed by atoms with Gasteiger partial charge in [0.2, 0.25) is 0 Å². The van der Waals surface area contributed by atoms with E-state index in [0.717, 1.165) is 6.42 Å². The smallest absolute Gasteiger partial charge is 0.330 e. The molecule has 0 spiro atoms. The third-order valence-corrected chi connectivity index (χ3v) is 13.5. The van der Waals surface area contributed by atoms with Crippen LogP contribution in [0.3, 0.4) is 0 Å². The molecule has 234 valence electrons. The van der Waals surface area contributed by atoms with E-state index >= 15 is 0 Å². The lowest BCUT2D eigenvalue weighted by molar-refractivity contribution is -0.386. The van der Waals surface area contributed by atoms with Crippen LogP contribution in [0.15, 0.2) is 27.9 Å². The number of methoxy groups -OCH3 is 1. The fourth-order valence-corrected chi connectivity index (χ4v) is 6.85. The first-order valence-electron chi connectivity index (χ1n) is 14.1. The van der Waals surface area contributed by atoms with Crippen molar-refractivity contribution in [1.29, 1.82) is 0 Å². The molecule has 4 atom stereocenters. The van der Waals surface area contributed by atoms with Crippen LogP contribution in [0, 0.1) is 19.1 Å². The van der Waals surface area contributed by atoms with Crippen molar-refractivity contribution in [2.45, 2.75) is 111 Å². The molecule has 1 saturated heterocycles. The van der Waals surface area contributed by atoms with Crippen molar-refractivity contribution in [2.75, 3.05) is 7.11 Å². The zero-order chi connectivity index (χ0) is 31.8. The third-order valence-electron chi connectivity index (χ3n) is 8.16. The van der Waals surface area contributed by atoms with Crippen LogP contribution in [0.4, 0.5) is 5.69 Å². The van der Waals surface area contributed by atoms with Crippen LogP contribution in [0.1, 0.15) is 84.8 Å². The Morgan fingerprint density at radius 3 is 2.38 bits per heavy atom. The lowest BCUT2D eigenvalue weighted by Crippen LogP contribution is -2.45. The van der Waals surface area contributed by atoms with Crippen molar-refractivity contribution in [1.82, 2.24) is 9.55 Å². The van der Waals surface area contributed by atoms with Gasteiger partial charge in [-0.25, -0.2) is 4.79 Å². The first kappa shape index (κ1) is 34.4. The van der Waals surface area contributed by atoms with Crippen LogP contribution in [-0.2, 0) is 20.5 Å². The first-order valence-corrected chi connectivity index (χ1v) is 18.1. The maximum Gasteiger partial charge on any atom is 0.330 e. The second-order valence-corrected chi connectivity index (χ2v) is 19.3. The molecule has 1 aromatic carbocycles. The van der Waals surface area contributed by atoms with Gasteiger partial charge in [0.15, 0.2) is 8.32 Å². The van der Waals surface area contributed by atoms with Gasteiger partial charge in [0.25, 0.3) is 11.2 Å². The maximum atomic E-state index is 12.9. The standard InChI is InChI=1S/C29H44IN3O8Si/c1-11-21-23(41-42(9,10)29(5,6)7)14-24(40-21)32-15-17(26(34)31-27(32)35)16-39-25(28(2,3)4)18-12-22(38-8)19(30)13-20(18)33(36)37/h12-13,15,21,23-25H,11,14,16H2,1-10H3,(H,31,34,35)/t21-,23-,24-,25-/m1/s1. The molecule has 0 aliphatic carbocycles. The molecule has 3 rings (SSSR count). The largest absolute Gasteiger partial charge is 0.496 e. The van der Waals surface area contributed by atoms with Crippen molar-refractivity contribution < 1.29 is 23.6 Å². The zero-order valence-electron chi connectivity index (χ0n) is 26.2. The maximum absolute atomic E-state index is 12.9. The van der Waals surface area contributed by atoms with Crippen LogP contribution in [0.2, 0.25) is 18.1 Å². The van der Waals surface area contributed by atoms with Crippen LogP contribution in [0.25, 0.3) is 0 Å².